The molecule has 1 atom stereocenters. The molecule has 0 aromatic heterocycles. The quantitative estimate of drug-likeness (QED) is 0.211. The number of ether oxygens (including phenoxy) is 1. The van der Waals surface area contributed by atoms with Crippen molar-refractivity contribution in [3.05, 3.63) is 59.1 Å². The van der Waals surface area contributed by atoms with Crippen molar-refractivity contribution in [1.82, 2.24) is 16.0 Å². The third-order valence-electron chi connectivity index (χ3n) is 4.96. The lowest BCUT2D eigenvalue weighted by Crippen LogP contribution is -2.46. The number of guanidine groups is 1. The zero-order chi connectivity index (χ0) is 21.3. The summed E-state index contributed by atoms with van der Waals surface area (Å²) in [5, 5.41) is 10.3. The van der Waals surface area contributed by atoms with E-state index in [1.54, 1.807) is 32.4 Å². The van der Waals surface area contributed by atoms with Gasteiger partial charge >= 0.3 is 0 Å². The van der Waals surface area contributed by atoms with Crippen LogP contribution in [0.5, 0.6) is 5.75 Å². The van der Waals surface area contributed by atoms with Gasteiger partial charge in [0.2, 0.25) is 0 Å². The van der Waals surface area contributed by atoms with E-state index in [-0.39, 0.29) is 29.9 Å². The number of nitrogens with one attached hydrogen (secondary N) is 3. The molecule has 2 aromatic carbocycles. The van der Waals surface area contributed by atoms with Crippen molar-refractivity contribution in [2.45, 2.75) is 12.5 Å². The zero-order valence-electron chi connectivity index (χ0n) is 17.7. The minimum atomic E-state index is -0.133. The van der Waals surface area contributed by atoms with Crippen LogP contribution in [0.15, 0.2) is 53.5 Å². The lowest BCUT2D eigenvalue weighted by molar-refractivity contribution is 0.0954. The molecule has 1 unspecified atom stereocenters. The number of hydrogen-bond acceptors (Lipinski definition) is 4. The van der Waals surface area contributed by atoms with Crippen molar-refractivity contribution in [3.63, 3.8) is 0 Å². The first-order valence-corrected chi connectivity index (χ1v) is 10.4. The van der Waals surface area contributed by atoms with E-state index in [2.05, 4.69) is 31.9 Å². The lowest BCUT2D eigenvalue weighted by Gasteiger charge is -2.20. The van der Waals surface area contributed by atoms with E-state index in [4.69, 9.17) is 16.3 Å². The molecule has 0 spiro atoms. The highest BCUT2D eigenvalue weighted by molar-refractivity contribution is 14.0. The van der Waals surface area contributed by atoms with Gasteiger partial charge in [-0.05, 0) is 42.8 Å². The Kier molecular flexibility index (Phi) is 10.2. The first kappa shape index (κ1) is 25.1. The summed E-state index contributed by atoms with van der Waals surface area (Å²) in [4.78, 5) is 18.8. The molecule has 31 heavy (non-hydrogen) atoms. The van der Waals surface area contributed by atoms with Gasteiger partial charge in [-0.25, -0.2) is 0 Å². The highest BCUT2D eigenvalue weighted by Gasteiger charge is 2.23. The Labute approximate surface area is 205 Å². The van der Waals surface area contributed by atoms with Gasteiger partial charge in [-0.3, -0.25) is 9.79 Å². The SMILES string of the molecule is CN=C(NCCNC(=O)c1cccc(OC)c1)NC1CCN(c2cccc(Cl)c2)C1.I. The maximum absolute atomic E-state index is 12.2. The number of carbonyl (C=O) groups is 1. The van der Waals surface area contributed by atoms with Crippen LogP contribution in [0.25, 0.3) is 0 Å². The summed E-state index contributed by atoms with van der Waals surface area (Å²) in [5.74, 6) is 1.25. The van der Waals surface area contributed by atoms with Crippen LogP contribution < -0.4 is 25.6 Å². The van der Waals surface area contributed by atoms with E-state index < -0.39 is 0 Å². The third-order valence-corrected chi connectivity index (χ3v) is 5.20. The van der Waals surface area contributed by atoms with Crippen LogP contribution in [-0.4, -0.2) is 58.2 Å². The van der Waals surface area contributed by atoms with Gasteiger partial charge in [0.25, 0.3) is 5.91 Å². The number of nitrogens with zero attached hydrogens (tertiary/aromatic N) is 2. The highest BCUT2D eigenvalue weighted by Crippen LogP contribution is 2.23. The molecule has 1 aliphatic heterocycles. The van der Waals surface area contributed by atoms with Crippen molar-refractivity contribution in [2.75, 3.05) is 45.2 Å². The van der Waals surface area contributed by atoms with Crippen LogP contribution in [0.1, 0.15) is 16.8 Å². The van der Waals surface area contributed by atoms with Crippen molar-refractivity contribution in [2.24, 2.45) is 4.99 Å². The molecule has 9 heteroatoms. The number of halogens is 2. The molecule has 168 valence electrons. The largest absolute Gasteiger partial charge is 0.497 e. The summed E-state index contributed by atoms with van der Waals surface area (Å²) in [5.41, 5.74) is 1.71. The molecule has 1 amide bonds. The monoisotopic (exact) mass is 557 g/mol. The molecule has 2 aromatic rings. The van der Waals surface area contributed by atoms with Crippen molar-refractivity contribution in [1.29, 1.82) is 0 Å². The number of hydrogen-bond donors (Lipinski definition) is 3. The van der Waals surface area contributed by atoms with E-state index in [9.17, 15) is 4.79 Å². The summed E-state index contributed by atoms with van der Waals surface area (Å²) < 4.78 is 5.16. The van der Waals surface area contributed by atoms with E-state index in [0.717, 1.165) is 36.2 Å². The van der Waals surface area contributed by atoms with Gasteiger partial charge in [0.05, 0.1) is 7.11 Å². The first-order valence-electron chi connectivity index (χ1n) is 9.99. The fourth-order valence-electron chi connectivity index (χ4n) is 3.40. The molecular weight excluding hydrogens is 529 g/mol. The van der Waals surface area contributed by atoms with Gasteiger partial charge in [-0.1, -0.05) is 23.7 Å². The molecule has 7 nitrogen and oxygen atoms in total. The second kappa shape index (κ2) is 12.6. The minimum absolute atomic E-state index is 0. The first-order chi connectivity index (χ1) is 14.6. The summed E-state index contributed by atoms with van der Waals surface area (Å²) in [6, 6.07) is 15.3. The van der Waals surface area contributed by atoms with Crippen molar-refractivity contribution >= 4 is 53.1 Å². The molecule has 3 N–H and O–H groups in total. The average molecular weight is 558 g/mol. The standard InChI is InChI=1S/C22H28ClN5O2.HI/c1-24-22(26-11-10-25-21(29)16-5-3-8-20(13-16)30-2)27-18-9-12-28(15-18)19-7-4-6-17(23)14-19;/h3-8,13-14,18H,9-12,15H2,1-2H3,(H,25,29)(H2,24,26,27);1H. The Hall–Kier alpha value is -2.20. The van der Waals surface area contributed by atoms with Crippen molar-refractivity contribution < 1.29 is 9.53 Å². The maximum Gasteiger partial charge on any atom is 0.251 e. The topological polar surface area (TPSA) is 78.0 Å². The molecule has 1 saturated heterocycles. The summed E-state index contributed by atoms with van der Waals surface area (Å²) in [6.45, 7) is 2.90. The number of amides is 1. The van der Waals surface area contributed by atoms with Gasteiger partial charge in [-0.2, -0.15) is 0 Å². The second-order valence-corrected chi connectivity index (χ2v) is 7.48. The summed E-state index contributed by atoms with van der Waals surface area (Å²) >= 11 is 6.11. The molecule has 0 saturated carbocycles. The fourth-order valence-corrected chi connectivity index (χ4v) is 3.58. The van der Waals surface area contributed by atoms with Crippen LogP contribution in [-0.2, 0) is 0 Å². The number of anilines is 1. The number of rotatable bonds is 7. The van der Waals surface area contributed by atoms with Gasteiger partial charge in [0, 0.05) is 55.5 Å². The molecular formula is C22H29ClIN5O2. The third kappa shape index (κ3) is 7.46. The van der Waals surface area contributed by atoms with Gasteiger partial charge in [0.15, 0.2) is 5.96 Å². The van der Waals surface area contributed by atoms with Gasteiger partial charge < -0.3 is 25.6 Å². The minimum Gasteiger partial charge on any atom is -0.497 e. The summed E-state index contributed by atoms with van der Waals surface area (Å²) in [6.07, 6.45) is 1.01. The van der Waals surface area contributed by atoms with E-state index in [0.29, 0.717) is 30.4 Å². The Bertz CT molecular complexity index is 896. The molecule has 1 fully saturated rings. The highest BCUT2D eigenvalue weighted by atomic mass is 127. The number of carbonyl (C=O) groups excluding carboxylic acids is 1. The molecule has 0 aliphatic carbocycles. The van der Waals surface area contributed by atoms with E-state index in [1.165, 1.54) is 0 Å². The average Bonchev–Trinajstić information content (AvgIpc) is 3.24. The molecule has 1 heterocycles. The van der Waals surface area contributed by atoms with Crippen LogP contribution in [0.3, 0.4) is 0 Å². The maximum atomic E-state index is 12.2. The summed E-state index contributed by atoms with van der Waals surface area (Å²) in [7, 11) is 3.33. The van der Waals surface area contributed by atoms with Crippen LogP contribution in [0.4, 0.5) is 5.69 Å². The number of methoxy groups -OCH3 is 1. The van der Waals surface area contributed by atoms with E-state index >= 15 is 0 Å². The predicted octanol–water partition coefficient (Wildman–Crippen LogP) is 3.14. The van der Waals surface area contributed by atoms with Crippen molar-refractivity contribution in [3.8, 4) is 5.75 Å². The Morgan fingerprint density at radius 2 is 1.97 bits per heavy atom. The van der Waals surface area contributed by atoms with Crippen LogP contribution in [0, 0.1) is 0 Å². The van der Waals surface area contributed by atoms with E-state index in [1.807, 2.05) is 24.3 Å². The predicted molar refractivity (Wildman–Crippen MR) is 137 cm³/mol. The zero-order valence-corrected chi connectivity index (χ0v) is 20.8. The smallest absolute Gasteiger partial charge is 0.251 e. The Morgan fingerprint density at radius 1 is 1.19 bits per heavy atom. The van der Waals surface area contributed by atoms with Gasteiger partial charge in [-0.15, -0.1) is 24.0 Å². The lowest BCUT2D eigenvalue weighted by atomic mass is 10.2. The molecule has 0 radical (unpaired) electrons. The normalized spacial score (nSPS) is 15.8. The van der Waals surface area contributed by atoms with Gasteiger partial charge in [0.1, 0.15) is 5.75 Å². The van der Waals surface area contributed by atoms with Crippen LogP contribution >= 0.6 is 35.6 Å². The van der Waals surface area contributed by atoms with Crippen LogP contribution in [0.2, 0.25) is 5.02 Å². The molecule has 0 bridgehead atoms. The fraction of sp³-hybridized carbons (Fsp3) is 0.364. The molecule has 1 aliphatic rings. The number of aliphatic imine (C=N–C) groups is 1. The molecule has 3 rings (SSSR count). The number of benzene rings is 2. The second-order valence-electron chi connectivity index (χ2n) is 7.04. The Morgan fingerprint density at radius 3 is 2.71 bits per heavy atom. The Balaban J connectivity index is 0.00000341.